The molecular formula is C18H19ClN6O2. The van der Waals surface area contributed by atoms with E-state index < -0.39 is 0 Å². The zero-order chi connectivity index (χ0) is 18.8. The molecule has 1 aromatic carbocycles. The minimum atomic E-state index is -0.378. The Morgan fingerprint density at radius 2 is 1.93 bits per heavy atom. The maximum absolute atomic E-state index is 12.7. The maximum atomic E-state index is 12.7. The number of halogens is 1. The van der Waals surface area contributed by atoms with E-state index in [0.717, 1.165) is 38.8 Å². The van der Waals surface area contributed by atoms with Crippen molar-refractivity contribution in [3.8, 4) is 5.69 Å². The van der Waals surface area contributed by atoms with Crippen LogP contribution in [-0.4, -0.2) is 48.4 Å². The molecule has 140 valence electrons. The molecule has 1 aliphatic heterocycles. The lowest BCUT2D eigenvalue weighted by molar-refractivity contribution is -0.131. The van der Waals surface area contributed by atoms with E-state index in [1.807, 2.05) is 4.90 Å². The lowest BCUT2D eigenvalue weighted by atomic mass is 10.2. The number of aromatic nitrogens is 5. The molecular weight excluding hydrogens is 368 g/mol. The van der Waals surface area contributed by atoms with Crippen LogP contribution in [-0.2, 0) is 11.3 Å². The number of carbonyl (C=O) groups is 1. The normalized spacial score (nSPS) is 15.1. The van der Waals surface area contributed by atoms with Gasteiger partial charge < -0.3 is 4.90 Å². The summed E-state index contributed by atoms with van der Waals surface area (Å²) in [7, 11) is 0. The Balaban J connectivity index is 1.63. The van der Waals surface area contributed by atoms with Crippen molar-refractivity contribution in [2.45, 2.75) is 32.2 Å². The van der Waals surface area contributed by atoms with Gasteiger partial charge in [-0.3, -0.25) is 14.2 Å². The van der Waals surface area contributed by atoms with Crippen molar-refractivity contribution in [1.29, 1.82) is 0 Å². The van der Waals surface area contributed by atoms with Crippen LogP contribution >= 0.6 is 11.6 Å². The van der Waals surface area contributed by atoms with Gasteiger partial charge in [0.2, 0.25) is 5.91 Å². The second-order valence-corrected chi connectivity index (χ2v) is 7.06. The molecule has 3 heterocycles. The molecule has 0 radical (unpaired) electrons. The summed E-state index contributed by atoms with van der Waals surface area (Å²) in [5.41, 5.74) is 0.744. The van der Waals surface area contributed by atoms with Crippen LogP contribution in [0.15, 0.2) is 35.4 Å². The smallest absolute Gasteiger partial charge is 0.284 e. The number of rotatable bonds is 3. The SMILES string of the molecule is O=C(Cn1cnc2c(nnn2-c2cccc(Cl)c2)c1=O)N1CCCCCC1. The molecule has 8 nitrogen and oxygen atoms in total. The first kappa shape index (κ1) is 17.7. The Kier molecular flexibility index (Phi) is 4.89. The fraction of sp³-hybridized carbons (Fsp3) is 0.389. The van der Waals surface area contributed by atoms with Crippen LogP contribution in [0.5, 0.6) is 0 Å². The quantitative estimate of drug-likeness (QED) is 0.687. The Bertz CT molecular complexity index is 1040. The van der Waals surface area contributed by atoms with Gasteiger partial charge in [-0.25, -0.2) is 4.98 Å². The molecule has 3 aromatic rings. The van der Waals surface area contributed by atoms with Crippen LogP contribution < -0.4 is 5.56 Å². The second kappa shape index (κ2) is 7.48. The zero-order valence-corrected chi connectivity index (χ0v) is 15.5. The molecule has 4 rings (SSSR count). The number of benzene rings is 1. The summed E-state index contributed by atoms with van der Waals surface area (Å²) >= 11 is 6.02. The van der Waals surface area contributed by atoms with Gasteiger partial charge in [-0.1, -0.05) is 35.7 Å². The Labute approximate surface area is 160 Å². The lowest BCUT2D eigenvalue weighted by Crippen LogP contribution is -2.37. The minimum Gasteiger partial charge on any atom is -0.341 e. The molecule has 0 saturated carbocycles. The molecule has 0 aliphatic carbocycles. The fourth-order valence-electron chi connectivity index (χ4n) is 3.30. The Morgan fingerprint density at radius 3 is 2.67 bits per heavy atom. The van der Waals surface area contributed by atoms with Crippen LogP contribution in [0.1, 0.15) is 25.7 Å². The number of nitrogens with zero attached hydrogens (tertiary/aromatic N) is 6. The first-order valence-corrected chi connectivity index (χ1v) is 9.36. The number of amides is 1. The molecule has 1 saturated heterocycles. The van der Waals surface area contributed by atoms with Crippen molar-refractivity contribution >= 4 is 28.7 Å². The van der Waals surface area contributed by atoms with E-state index >= 15 is 0 Å². The zero-order valence-electron chi connectivity index (χ0n) is 14.7. The highest BCUT2D eigenvalue weighted by Gasteiger charge is 2.19. The Morgan fingerprint density at radius 1 is 1.15 bits per heavy atom. The molecule has 1 aliphatic rings. The van der Waals surface area contributed by atoms with E-state index in [2.05, 4.69) is 15.3 Å². The lowest BCUT2D eigenvalue weighted by Gasteiger charge is -2.20. The standard InChI is InChI=1S/C18H19ClN6O2/c19-13-6-5-7-14(10-13)25-17-16(21-22-25)18(27)24(12-20-17)11-15(26)23-8-3-1-2-4-9-23/h5-7,10,12H,1-4,8-9,11H2. The van der Waals surface area contributed by atoms with E-state index in [9.17, 15) is 9.59 Å². The number of likely N-dealkylation sites (tertiary alicyclic amines) is 1. The average Bonchev–Trinajstić information content (AvgIpc) is 2.91. The maximum Gasteiger partial charge on any atom is 0.284 e. The van der Waals surface area contributed by atoms with Gasteiger partial charge in [0, 0.05) is 18.1 Å². The van der Waals surface area contributed by atoms with E-state index in [1.54, 1.807) is 24.3 Å². The van der Waals surface area contributed by atoms with Gasteiger partial charge in [-0.05, 0) is 31.0 Å². The summed E-state index contributed by atoms with van der Waals surface area (Å²) in [4.78, 5) is 31.4. The second-order valence-electron chi connectivity index (χ2n) is 6.63. The van der Waals surface area contributed by atoms with Crippen molar-refractivity contribution in [3.63, 3.8) is 0 Å². The summed E-state index contributed by atoms with van der Waals surface area (Å²) < 4.78 is 2.76. The summed E-state index contributed by atoms with van der Waals surface area (Å²) in [6.07, 6.45) is 5.68. The van der Waals surface area contributed by atoms with Gasteiger partial charge in [-0.15, -0.1) is 5.10 Å². The summed E-state index contributed by atoms with van der Waals surface area (Å²) in [5.74, 6) is -0.0672. The predicted octanol–water partition coefficient (Wildman–Crippen LogP) is 2.03. The molecule has 27 heavy (non-hydrogen) atoms. The largest absolute Gasteiger partial charge is 0.341 e. The molecule has 1 amide bonds. The molecule has 0 spiro atoms. The first-order chi connectivity index (χ1) is 13.1. The number of hydrogen-bond acceptors (Lipinski definition) is 5. The average molecular weight is 387 g/mol. The topological polar surface area (TPSA) is 85.9 Å². The number of hydrogen-bond donors (Lipinski definition) is 0. The van der Waals surface area contributed by atoms with E-state index in [0.29, 0.717) is 16.4 Å². The molecule has 0 bridgehead atoms. The fourth-order valence-corrected chi connectivity index (χ4v) is 3.49. The summed E-state index contributed by atoms with van der Waals surface area (Å²) in [6, 6.07) is 7.05. The van der Waals surface area contributed by atoms with Crippen molar-refractivity contribution in [3.05, 3.63) is 46.0 Å². The highest BCUT2D eigenvalue weighted by atomic mass is 35.5. The predicted molar refractivity (Wildman–Crippen MR) is 101 cm³/mol. The van der Waals surface area contributed by atoms with Gasteiger partial charge >= 0.3 is 0 Å². The van der Waals surface area contributed by atoms with Gasteiger partial charge in [-0.2, -0.15) is 4.68 Å². The van der Waals surface area contributed by atoms with Gasteiger partial charge in [0.25, 0.3) is 5.56 Å². The van der Waals surface area contributed by atoms with Crippen LogP contribution in [0.4, 0.5) is 0 Å². The highest BCUT2D eigenvalue weighted by molar-refractivity contribution is 6.30. The molecule has 9 heteroatoms. The van der Waals surface area contributed by atoms with E-state index in [4.69, 9.17) is 11.6 Å². The molecule has 0 unspecified atom stereocenters. The van der Waals surface area contributed by atoms with Crippen LogP contribution in [0.3, 0.4) is 0 Å². The Hall–Kier alpha value is -2.74. The minimum absolute atomic E-state index is 0.0359. The number of fused-ring (bicyclic) bond motifs is 1. The van der Waals surface area contributed by atoms with Gasteiger partial charge in [0.1, 0.15) is 12.9 Å². The third kappa shape index (κ3) is 3.57. The monoisotopic (exact) mass is 386 g/mol. The van der Waals surface area contributed by atoms with Crippen molar-refractivity contribution in [2.75, 3.05) is 13.1 Å². The van der Waals surface area contributed by atoms with Gasteiger partial charge in [0.05, 0.1) is 5.69 Å². The van der Waals surface area contributed by atoms with Crippen molar-refractivity contribution in [1.82, 2.24) is 29.4 Å². The van der Waals surface area contributed by atoms with Crippen molar-refractivity contribution in [2.24, 2.45) is 0 Å². The third-order valence-corrected chi connectivity index (χ3v) is 4.98. The molecule has 2 aromatic heterocycles. The highest BCUT2D eigenvalue weighted by Crippen LogP contribution is 2.16. The molecule has 1 fully saturated rings. The third-order valence-electron chi connectivity index (χ3n) is 4.75. The number of carbonyl (C=O) groups excluding carboxylic acids is 1. The summed E-state index contributed by atoms with van der Waals surface area (Å²) in [6.45, 7) is 1.45. The molecule has 0 N–H and O–H groups in total. The van der Waals surface area contributed by atoms with Crippen LogP contribution in [0, 0.1) is 0 Å². The van der Waals surface area contributed by atoms with E-state index in [1.165, 1.54) is 15.6 Å². The van der Waals surface area contributed by atoms with Crippen LogP contribution in [0.25, 0.3) is 16.9 Å². The van der Waals surface area contributed by atoms with Crippen LogP contribution in [0.2, 0.25) is 5.02 Å². The van der Waals surface area contributed by atoms with Crippen molar-refractivity contribution < 1.29 is 4.79 Å². The first-order valence-electron chi connectivity index (χ1n) is 8.98. The van der Waals surface area contributed by atoms with E-state index in [-0.39, 0.29) is 23.5 Å². The van der Waals surface area contributed by atoms with Gasteiger partial charge in [0.15, 0.2) is 11.2 Å². The molecule has 0 atom stereocenters. The summed E-state index contributed by atoms with van der Waals surface area (Å²) in [5, 5.41) is 8.54.